The van der Waals surface area contributed by atoms with Gasteiger partial charge in [0, 0.05) is 0 Å². The van der Waals surface area contributed by atoms with E-state index in [1.54, 1.807) is 12.1 Å². The summed E-state index contributed by atoms with van der Waals surface area (Å²) in [4.78, 5) is 10.9. The minimum atomic E-state index is -0.0272. The summed E-state index contributed by atoms with van der Waals surface area (Å²) >= 11 is 0. The average molecular weight is 130 g/mol. The summed E-state index contributed by atoms with van der Waals surface area (Å²) in [5, 5.41) is 0. The van der Waals surface area contributed by atoms with E-state index in [0.717, 1.165) is 0 Å². The fourth-order valence-electron chi connectivity index (χ4n) is 0.720. The first kappa shape index (κ1) is 6.94. The van der Waals surface area contributed by atoms with Crippen LogP contribution < -0.4 is 0 Å². The van der Waals surface area contributed by atoms with Crippen molar-refractivity contribution in [1.29, 1.82) is 0 Å². The molecule has 0 aliphatic heterocycles. The summed E-state index contributed by atoms with van der Waals surface area (Å²) in [5.74, 6) is 0. The fourth-order valence-corrected chi connectivity index (χ4v) is 0.720. The van der Waals surface area contributed by atoms with E-state index in [9.17, 15) is 4.79 Å². The van der Waals surface area contributed by atoms with Gasteiger partial charge in [-0.15, -0.1) is 0 Å². The van der Waals surface area contributed by atoms with Crippen LogP contribution in [0.15, 0.2) is 30.3 Å². The zero-order chi connectivity index (χ0) is 7.40. The van der Waals surface area contributed by atoms with Gasteiger partial charge in [-0.2, -0.15) is 0 Å². The molecule has 0 saturated heterocycles. The van der Waals surface area contributed by atoms with E-state index in [1.807, 2.05) is 18.2 Å². The molecule has 0 bridgehead atoms. The number of rotatable bonds is 2. The average Bonchev–Trinajstić information content (AvgIpc) is 2.05. The third kappa shape index (κ3) is 1.41. The molecule has 0 unspecified atom stereocenters. The van der Waals surface area contributed by atoms with E-state index in [1.165, 1.54) is 6.92 Å². The number of hydrogen-bond acceptors (Lipinski definition) is 1. The monoisotopic (exact) mass is 130 g/mol. The van der Waals surface area contributed by atoms with Gasteiger partial charge in [0.1, 0.15) is 0 Å². The molecule has 0 N–H and O–H groups in total. The molecule has 10 heavy (non-hydrogen) atoms. The van der Waals surface area contributed by atoms with Crippen LogP contribution in [0.4, 0.5) is 0 Å². The first-order valence-electron chi connectivity index (χ1n) is 3.06. The predicted molar refractivity (Wildman–Crippen MR) is 43.6 cm³/mol. The van der Waals surface area contributed by atoms with Crippen LogP contribution in [0.5, 0.6) is 0 Å². The zero-order valence-corrected chi connectivity index (χ0v) is 5.58. The van der Waals surface area contributed by atoms with Gasteiger partial charge in [-0.05, 0) is 0 Å². The number of hydrogen-bond donors (Lipinski definition) is 0. The second-order valence-electron chi connectivity index (χ2n) is 1.93. The van der Waals surface area contributed by atoms with E-state index >= 15 is 0 Å². The van der Waals surface area contributed by atoms with Gasteiger partial charge in [-0.25, -0.2) is 0 Å². The quantitative estimate of drug-likeness (QED) is 0.545. The maximum atomic E-state index is 10.9. The van der Waals surface area contributed by atoms with Crippen molar-refractivity contribution in [2.45, 2.75) is 0 Å². The molecule has 0 aliphatic carbocycles. The van der Waals surface area contributed by atoms with Crippen LogP contribution in [0, 0.1) is 0 Å². The molecule has 0 heterocycles. The van der Waals surface area contributed by atoms with Crippen LogP contribution in [-0.4, -0.2) is 19.1 Å². The van der Waals surface area contributed by atoms with Crippen LogP contribution in [0.25, 0.3) is 0 Å². The molecule has 0 spiro atoms. The molecular formula is C8H7BO. The summed E-state index contributed by atoms with van der Waals surface area (Å²) in [5.41, 5.74) is 0.665. The topological polar surface area (TPSA) is 17.1 Å². The van der Waals surface area contributed by atoms with Crippen LogP contribution in [0.2, 0.25) is 0 Å². The Balaban J connectivity index is 2.95. The second-order valence-corrected chi connectivity index (χ2v) is 1.93. The molecule has 0 radical (unpaired) electrons. The van der Waals surface area contributed by atoms with Crippen LogP contribution in [-0.2, 0) is 0 Å². The molecule has 0 saturated carbocycles. The summed E-state index contributed by atoms with van der Waals surface area (Å²) in [6.07, 6.45) is 0. The minimum absolute atomic E-state index is 0.0272. The number of carbonyl (C=O) groups excluding carboxylic acids is 1. The van der Waals surface area contributed by atoms with E-state index in [4.69, 9.17) is 0 Å². The molecule has 0 aromatic heterocycles. The van der Waals surface area contributed by atoms with Gasteiger partial charge in [-0.3, -0.25) is 0 Å². The summed E-state index contributed by atoms with van der Waals surface area (Å²) in [6, 6.07) is 9.07. The van der Waals surface area contributed by atoms with Crippen molar-refractivity contribution < 1.29 is 4.79 Å². The molecule has 1 aromatic rings. The summed E-state index contributed by atoms with van der Waals surface area (Å²) in [6.45, 7) is 4.70. The van der Waals surface area contributed by atoms with Crippen molar-refractivity contribution in [3.05, 3.63) is 35.9 Å². The third-order valence-corrected chi connectivity index (χ3v) is 1.24. The number of benzene rings is 1. The Labute approximate surface area is 60.6 Å². The molecular weight excluding hydrogens is 123 g/mol. The zero-order valence-electron chi connectivity index (χ0n) is 5.58. The van der Waals surface area contributed by atoms with Crippen LogP contribution in [0.1, 0.15) is 10.4 Å². The van der Waals surface area contributed by atoms with E-state index in [-0.39, 0.29) is 5.68 Å². The fraction of sp³-hybridized carbons (Fsp3) is 0. The summed E-state index contributed by atoms with van der Waals surface area (Å²) in [7, 11) is 0. The van der Waals surface area contributed by atoms with Crippen molar-refractivity contribution in [2.24, 2.45) is 0 Å². The van der Waals surface area contributed by atoms with Crippen molar-refractivity contribution >= 4 is 19.1 Å². The molecule has 48 valence electrons. The Kier molecular flexibility index (Phi) is 2.16. The van der Waals surface area contributed by atoms with Crippen LogP contribution in [0.3, 0.4) is 0 Å². The molecule has 1 aromatic carbocycles. The second kappa shape index (κ2) is 3.11. The van der Waals surface area contributed by atoms with Crippen molar-refractivity contribution in [2.75, 3.05) is 0 Å². The predicted octanol–water partition coefficient (Wildman–Crippen LogP) is 0.963. The van der Waals surface area contributed by atoms with Gasteiger partial charge in [0.15, 0.2) is 0 Å². The number of carbonyl (C=O) groups is 1. The summed E-state index contributed by atoms with van der Waals surface area (Å²) < 4.78 is 0. The normalized spacial score (nSPS) is 8.40. The molecule has 2 heteroatoms. The Morgan fingerprint density at radius 3 is 2.40 bits per heavy atom. The molecule has 1 nitrogen and oxygen atoms in total. The van der Waals surface area contributed by atoms with Gasteiger partial charge >= 0.3 is 59.8 Å². The van der Waals surface area contributed by atoms with Crippen molar-refractivity contribution in [1.82, 2.24) is 0 Å². The Morgan fingerprint density at radius 2 is 1.90 bits per heavy atom. The molecule has 0 atom stereocenters. The molecule has 0 aliphatic rings. The Hall–Kier alpha value is -1.18. The van der Waals surface area contributed by atoms with Crippen molar-refractivity contribution in [3.63, 3.8) is 0 Å². The van der Waals surface area contributed by atoms with Gasteiger partial charge in [0.25, 0.3) is 0 Å². The molecule has 0 fully saturated rings. The van der Waals surface area contributed by atoms with Gasteiger partial charge in [0.05, 0.1) is 0 Å². The van der Waals surface area contributed by atoms with Crippen molar-refractivity contribution in [3.8, 4) is 0 Å². The van der Waals surface area contributed by atoms with Gasteiger partial charge in [0.2, 0.25) is 0 Å². The van der Waals surface area contributed by atoms with E-state index in [0.29, 0.717) is 5.56 Å². The van der Waals surface area contributed by atoms with Gasteiger partial charge < -0.3 is 0 Å². The third-order valence-electron chi connectivity index (χ3n) is 1.24. The first-order valence-corrected chi connectivity index (χ1v) is 3.06. The van der Waals surface area contributed by atoms with Crippen LogP contribution >= 0.6 is 0 Å². The van der Waals surface area contributed by atoms with Gasteiger partial charge in [-0.1, -0.05) is 0 Å². The maximum absolute atomic E-state index is 10.9. The molecule has 1 rings (SSSR count). The Bertz CT molecular complexity index is 241. The first-order chi connectivity index (χ1) is 4.84. The van der Waals surface area contributed by atoms with E-state index < -0.39 is 0 Å². The standard InChI is InChI=1S/C8H7BO/c1-9-8(10)7-5-3-2-4-6-7/h2-6H,1H2. The SMILES string of the molecule is C=BC(=O)c1ccccc1. The molecule has 0 amide bonds. The Morgan fingerprint density at radius 1 is 1.30 bits per heavy atom. The van der Waals surface area contributed by atoms with E-state index in [2.05, 4.69) is 6.47 Å².